The Morgan fingerprint density at radius 3 is 2.61 bits per heavy atom. The summed E-state index contributed by atoms with van der Waals surface area (Å²) in [5.41, 5.74) is 2.87. The maximum Gasteiger partial charge on any atom is 0.161 e. The van der Waals surface area contributed by atoms with Gasteiger partial charge in [0, 0.05) is 60.6 Å². The molecule has 0 aromatic carbocycles. The average molecular weight is 403 g/mol. The number of fused-ring (bicyclic) bond motifs is 1. The molecule has 0 unspecified atom stereocenters. The van der Waals surface area contributed by atoms with E-state index in [4.69, 9.17) is 14.7 Å². The van der Waals surface area contributed by atoms with E-state index in [2.05, 4.69) is 10.3 Å². The minimum Gasteiger partial charge on any atom is -0.381 e. The van der Waals surface area contributed by atoms with E-state index >= 15 is 0 Å². The van der Waals surface area contributed by atoms with E-state index in [0.29, 0.717) is 25.6 Å². The van der Waals surface area contributed by atoms with Gasteiger partial charge in [-0.05, 0) is 44.2 Å². The molecule has 1 N–H and O–H groups in total. The lowest BCUT2D eigenvalue weighted by Crippen LogP contribution is -2.41. The Labute approximate surface area is 165 Å². The maximum absolute atomic E-state index is 12.0. The van der Waals surface area contributed by atoms with Crippen LogP contribution in [0.2, 0.25) is 0 Å². The lowest BCUT2D eigenvalue weighted by Gasteiger charge is -2.37. The number of sulfone groups is 1. The van der Waals surface area contributed by atoms with Gasteiger partial charge in [-0.15, -0.1) is 0 Å². The van der Waals surface area contributed by atoms with Crippen LogP contribution in [0.15, 0.2) is 24.5 Å². The van der Waals surface area contributed by atoms with Gasteiger partial charge < -0.3 is 10.1 Å². The zero-order chi connectivity index (χ0) is 19.6. The molecule has 1 aliphatic heterocycles. The molecule has 7 nitrogen and oxygen atoms in total. The first-order valence-corrected chi connectivity index (χ1v) is 11.8. The zero-order valence-electron chi connectivity index (χ0n) is 16.1. The lowest BCUT2D eigenvalue weighted by atomic mass is 9.82. The Morgan fingerprint density at radius 1 is 1.14 bits per heavy atom. The van der Waals surface area contributed by atoms with Crippen LogP contribution >= 0.6 is 0 Å². The second kappa shape index (κ2) is 7.75. The standard InChI is InChI=1S/C20H26N4O3S/c1-28(25,26)14-20(7-11-27-12-8-20)13-22-19-16-3-2-4-17(16)23-18(24-19)15-5-9-21-10-6-15/h5-6,9-10H,2-4,7-8,11-14H2,1H3,(H,22,23,24). The summed E-state index contributed by atoms with van der Waals surface area (Å²) in [7, 11) is -3.08. The summed E-state index contributed by atoms with van der Waals surface area (Å²) in [4.78, 5) is 13.6. The molecule has 8 heteroatoms. The van der Waals surface area contributed by atoms with Crippen molar-refractivity contribution in [3.05, 3.63) is 35.8 Å². The molecular formula is C20H26N4O3S. The van der Waals surface area contributed by atoms with Crippen molar-refractivity contribution in [2.24, 2.45) is 5.41 Å². The fourth-order valence-electron chi connectivity index (χ4n) is 4.21. The van der Waals surface area contributed by atoms with E-state index < -0.39 is 9.84 Å². The molecule has 1 aliphatic carbocycles. The minimum absolute atomic E-state index is 0.168. The van der Waals surface area contributed by atoms with Crippen LogP contribution in [0, 0.1) is 5.41 Å². The highest BCUT2D eigenvalue weighted by molar-refractivity contribution is 7.90. The van der Waals surface area contributed by atoms with Gasteiger partial charge in [-0.25, -0.2) is 18.4 Å². The molecule has 0 saturated carbocycles. The number of nitrogens with one attached hydrogen (secondary N) is 1. The summed E-state index contributed by atoms with van der Waals surface area (Å²) in [5, 5.41) is 3.50. The van der Waals surface area contributed by atoms with Crippen molar-refractivity contribution in [2.45, 2.75) is 32.1 Å². The fourth-order valence-corrected chi connectivity index (χ4v) is 5.72. The van der Waals surface area contributed by atoms with Crippen molar-refractivity contribution in [3.8, 4) is 11.4 Å². The summed E-state index contributed by atoms with van der Waals surface area (Å²) in [6.45, 7) is 1.77. The van der Waals surface area contributed by atoms with Gasteiger partial charge in [-0.2, -0.15) is 0 Å². The van der Waals surface area contributed by atoms with Crippen LogP contribution in [0.4, 0.5) is 5.82 Å². The Bertz CT molecular complexity index is 941. The molecule has 2 aliphatic rings. The SMILES string of the molecule is CS(=O)(=O)CC1(CNc2nc(-c3ccncc3)nc3c2CCC3)CCOCC1. The van der Waals surface area contributed by atoms with Crippen molar-refractivity contribution in [2.75, 3.05) is 37.1 Å². The second-order valence-electron chi connectivity index (χ2n) is 7.95. The molecule has 0 amide bonds. The van der Waals surface area contributed by atoms with Crippen molar-refractivity contribution in [3.63, 3.8) is 0 Å². The van der Waals surface area contributed by atoms with Gasteiger partial charge in [-0.3, -0.25) is 4.98 Å². The topological polar surface area (TPSA) is 94.1 Å². The van der Waals surface area contributed by atoms with Gasteiger partial charge in [-0.1, -0.05) is 0 Å². The predicted molar refractivity (Wildman–Crippen MR) is 108 cm³/mol. The molecule has 0 radical (unpaired) electrons. The number of hydrogen-bond acceptors (Lipinski definition) is 7. The first-order valence-electron chi connectivity index (χ1n) is 9.74. The van der Waals surface area contributed by atoms with Crippen molar-refractivity contribution >= 4 is 15.7 Å². The van der Waals surface area contributed by atoms with E-state index in [9.17, 15) is 8.42 Å². The highest BCUT2D eigenvalue weighted by atomic mass is 32.2. The number of rotatable bonds is 6. The molecule has 3 heterocycles. The van der Waals surface area contributed by atoms with E-state index in [1.807, 2.05) is 12.1 Å². The molecule has 4 rings (SSSR count). The van der Waals surface area contributed by atoms with Crippen LogP contribution < -0.4 is 5.32 Å². The molecule has 150 valence electrons. The highest BCUT2D eigenvalue weighted by Crippen LogP contribution is 2.34. The van der Waals surface area contributed by atoms with Crippen LogP contribution in [0.1, 0.15) is 30.5 Å². The van der Waals surface area contributed by atoms with Crippen LogP contribution in [-0.2, 0) is 27.4 Å². The summed E-state index contributed by atoms with van der Waals surface area (Å²) in [6, 6.07) is 3.81. The molecule has 1 saturated heterocycles. The van der Waals surface area contributed by atoms with Crippen LogP contribution in [0.5, 0.6) is 0 Å². The third-order valence-corrected chi connectivity index (χ3v) is 6.76. The highest BCUT2D eigenvalue weighted by Gasteiger charge is 2.36. The van der Waals surface area contributed by atoms with Crippen molar-refractivity contribution in [1.29, 1.82) is 0 Å². The van der Waals surface area contributed by atoms with Crippen molar-refractivity contribution in [1.82, 2.24) is 15.0 Å². The summed E-state index contributed by atoms with van der Waals surface area (Å²) >= 11 is 0. The smallest absolute Gasteiger partial charge is 0.161 e. The predicted octanol–water partition coefficient (Wildman–Crippen LogP) is 2.28. The van der Waals surface area contributed by atoms with Gasteiger partial charge in [0.1, 0.15) is 15.7 Å². The molecular weight excluding hydrogens is 376 g/mol. The van der Waals surface area contributed by atoms with Crippen LogP contribution in [0.25, 0.3) is 11.4 Å². The minimum atomic E-state index is -3.08. The maximum atomic E-state index is 12.0. The number of aromatic nitrogens is 3. The van der Waals surface area contributed by atoms with E-state index in [1.165, 1.54) is 11.8 Å². The Balaban J connectivity index is 1.62. The summed E-state index contributed by atoms with van der Waals surface area (Å²) < 4.78 is 29.6. The molecule has 28 heavy (non-hydrogen) atoms. The number of aryl methyl sites for hydroxylation is 1. The summed E-state index contributed by atoms with van der Waals surface area (Å²) in [5.74, 6) is 1.70. The third kappa shape index (κ3) is 4.33. The first kappa shape index (κ1) is 19.3. The lowest BCUT2D eigenvalue weighted by molar-refractivity contribution is 0.0315. The zero-order valence-corrected chi connectivity index (χ0v) is 17.0. The molecule has 2 aromatic rings. The Kier molecular flexibility index (Phi) is 5.33. The monoisotopic (exact) mass is 402 g/mol. The van der Waals surface area contributed by atoms with E-state index in [1.54, 1.807) is 12.4 Å². The number of hydrogen-bond donors (Lipinski definition) is 1. The summed E-state index contributed by atoms with van der Waals surface area (Å²) in [6.07, 6.45) is 9.23. The second-order valence-corrected chi connectivity index (χ2v) is 10.1. The van der Waals surface area contributed by atoms with E-state index in [-0.39, 0.29) is 11.2 Å². The number of nitrogens with zero attached hydrogens (tertiary/aromatic N) is 3. The Hall–Kier alpha value is -2.06. The number of pyridine rings is 1. The van der Waals surface area contributed by atoms with Gasteiger partial charge >= 0.3 is 0 Å². The van der Waals surface area contributed by atoms with Crippen LogP contribution in [-0.4, -0.2) is 55.1 Å². The van der Waals surface area contributed by atoms with Crippen molar-refractivity contribution < 1.29 is 13.2 Å². The van der Waals surface area contributed by atoms with Crippen LogP contribution in [0.3, 0.4) is 0 Å². The van der Waals surface area contributed by atoms with Gasteiger partial charge in [0.2, 0.25) is 0 Å². The molecule has 2 aromatic heterocycles. The van der Waals surface area contributed by atoms with E-state index in [0.717, 1.165) is 49.2 Å². The van der Waals surface area contributed by atoms with Gasteiger partial charge in [0.05, 0.1) is 5.75 Å². The Morgan fingerprint density at radius 2 is 1.89 bits per heavy atom. The molecule has 1 fully saturated rings. The number of ether oxygens (including phenoxy) is 1. The quantitative estimate of drug-likeness (QED) is 0.792. The average Bonchev–Trinajstić information content (AvgIpc) is 3.15. The number of anilines is 1. The molecule has 0 atom stereocenters. The fraction of sp³-hybridized carbons (Fsp3) is 0.550. The largest absolute Gasteiger partial charge is 0.381 e. The van der Waals surface area contributed by atoms with Gasteiger partial charge in [0.15, 0.2) is 5.82 Å². The first-order chi connectivity index (χ1) is 13.4. The van der Waals surface area contributed by atoms with Gasteiger partial charge in [0.25, 0.3) is 0 Å². The molecule has 0 bridgehead atoms. The molecule has 0 spiro atoms. The third-order valence-electron chi connectivity index (χ3n) is 5.62. The normalized spacial score (nSPS) is 18.6.